The van der Waals surface area contributed by atoms with Gasteiger partial charge in [0.1, 0.15) is 0 Å². The first kappa shape index (κ1) is 16.5. The molecule has 1 aromatic rings. The Balaban J connectivity index is 2.16. The summed E-state index contributed by atoms with van der Waals surface area (Å²) >= 11 is 0. The number of aromatic nitrogens is 2. The highest BCUT2D eigenvalue weighted by Crippen LogP contribution is 2.38. The molecule has 2 N–H and O–H groups in total. The van der Waals surface area contributed by atoms with Crippen LogP contribution in [0.3, 0.4) is 0 Å². The number of rotatable bonds is 9. The molecule has 0 aliphatic heterocycles. The van der Waals surface area contributed by atoms with Crippen molar-refractivity contribution in [2.45, 2.75) is 51.7 Å². The van der Waals surface area contributed by atoms with Crippen LogP contribution >= 0.6 is 0 Å². The van der Waals surface area contributed by atoms with Gasteiger partial charge in [0, 0.05) is 44.0 Å². The van der Waals surface area contributed by atoms with Crippen LogP contribution in [0.25, 0.3) is 0 Å². The summed E-state index contributed by atoms with van der Waals surface area (Å²) in [6.45, 7) is 8.88. The van der Waals surface area contributed by atoms with E-state index in [-0.39, 0.29) is 6.04 Å². The normalized spacial score (nSPS) is 18.4. The quantitative estimate of drug-likeness (QED) is 0.758. The maximum atomic E-state index is 6.10. The van der Waals surface area contributed by atoms with Crippen molar-refractivity contribution in [2.75, 3.05) is 26.8 Å². The molecule has 0 radical (unpaired) electrons. The van der Waals surface area contributed by atoms with Crippen LogP contribution in [0.4, 0.5) is 0 Å². The first-order valence-corrected chi connectivity index (χ1v) is 8.07. The van der Waals surface area contributed by atoms with Crippen molar-refractivity contribution in [3.05, 3.63) is 18.0 Å². The topological polar surface area (TPSA) is 56.3 Å². The van der Waals surface area contributed by atoms with Crippen LogP contribution in [0.5, 0.6) is 0 Å². The third-order valence-corrected chi connectivity index (χ3v) is 4.54. The molecule has 0 aromatic carbocycles. The molecule has 1 aliphatic carbocycles. The van der Waals surface area contributed by atoms with Crippen LogP contribution in [-0.4, -0.2) is 47.5 Å². The lowest BCUT2D eigenvalue weighted by molar-refractivity contribution is 0.0834. The van der Waals surface area contributed by atoms with E-state index >= 15 is 0 Å². The standard InChI is InChI=1S/C16H30N4O/c1-12(2)20-11-15(10-18-20)16(9-17)19(7-8-21-4)13(3)14-5-6-14/h10-14,16H,5-9,17H2,1-4H3. The molecule has 0 amide bonds. The molecule has 2 unspecified atom stereocenters. The van der Waals surface area contributed by atoms with Crippen molar-refractivity contribution < 1.29 is 4.74 Å². The third kappa shape index (κ3) is 4.05. The lowest BCUT2D eigenvalue weighted by Crippen LogP contribution is -2.42. The van der Waals surface area contributed by atoms with Crippen molar-refractivity contribution in [2.24, 2.45) is 11.7 Å². The van der Waals surface area contributed by atoms with E-state index in [0.717, 1.165) is 19.1 Å². The Bertz CT molecular complexity index is 428. The monoisotopic (exact) mass is 294 g/mol. The van der Waals surface area contributed by atoms with Crippen molar-refractivity contribution >= 4 is 0 Å². The molecule has 0 saturated heterocycles. The van der Waals surface area contributed by atoms with E-state index in [1.807, 2.05) is 10.9 Å². The number of hydrogen-bond donors (Lipinski definition) is 1. The number of nitrogens with zero attached hydrogens (tertiary/aromatic N) is 3. The zero-order chi connectivity index (χ0) is 15.4. The highest BCUT2D eigenvalue weighted by atomic mass is 16.5. The SMILES string of the molecule is COCCN(C(CN)c1cnn(C(C)C)c1)C(C)C1CC1. The minimum Gasteiger partial charge on any atom is -0.383 e. The third-order valence-electron chi connectivity index (χ3n) is 4.54. The van der Waals surface area contributed by atoms with Crippen LogP contribution in [0.15, 0.2) is 12.4 Å². The number of nitrogens with two attached hydrogens (primary N) is 1. The second-order valence-electron chi connectivity index (χ2n) is 6.41. The Labute approximate surface area is 128 Å². The van der Waals surface area contributed by atoms with Crippen LogP contribution in [0.1, 0.15) is 51.3 Å². The molecule has 1 fully saturated rings. The molecule has 2 atom stereocenters. The van der Waals surface area contributed by atoms with Gasteiger partial charge < -0.3 is 10.5 Å². The number of methoxy groups -OCH3 is 1. The van der Waals surface area contributed by atoms with Gasteiger partial charge in [-0.25, -0.2) is 0 Å². The van der Waals surface area contributed by atoms with Gasteiger partial charge in [-0.05, 0) is 39.5 Å². The summed E-state index contributed by atoms with van der Waals surface area (Å²) < 4.78 is 7.30. The van der Waals surface area contributed by atoms with Gasteiger partial charge in [-0.1, -0.05) is 0 Å². The van der Waals surface area contributed by atoms with Crippen LogP contribution < -0.4 is 5.73 Å². The highest BCUT2D eigenvalue weighted by Gasteiger charge is 2.35. The van der Waals surface area contributed by atoms with Crippen LogP contribution in [0, 0.1) is 5.92 Å². The molecule has 1 saturated carbocycles. The second-order valence-corrected chi connectivity index (χ2v) is 6.41. The maximum Gasteiger partial charge on any atom is 0.0590 e. The average molecular weight is 294 g/mol. The Morgan fingerprint density at radius 2 is 2.14 bits per heavy atom. The van der Waals surface area contributed by atoms with Gasteiger partial charge >= 0.3 is 0 Å². The summed E-state index contributed by atoms with van der Waals surface area (Å²) in [5.74, 6) is 0.816. The van der Waals surface area contributed by atoms with E-state index in [9.17, 15) is 0 Å². The summed E-state index contributed by atoms with van der Waals surface area (Å²) in [6, 6.07) is 1.16. The fraction of sp³-hybridized carbons (Fsp3) is 0.812. The molecule has 5 nitrogen and oxygen atoms in total. The fourth-order valence-electron chi connectivity index (χ4n) is 2.96. The zero-order valence-corrected chi connectivity index (χ0v) is 13.8. The number of hydrogen-bond acceptors (Lipinski definition) is 4. The van der Waals surface area contributed by atoms with E-state index in [0.29, 0.717) is 18.6 Å². The van der Waals surface area contributed by atoms with Crippen LogP contribution in [-0.2, 0) is 4.74 Å². The van der Waals surface area contributed by atoms with E-state index in [1.165, 1.54) is 18.4 Å². The maximum absolute atomic E-state index is 6.10. The summed E-state index contributed by atoms with van der Waals surface area (Å²) in [7, 11) is 1.76. The zero-order valence-electron chi connectivity index (χ0n) is 13.8. The molecule has 2 rings (SSSR count). The second kappa shape index (κ2) is 7.38. The van der Waals surface area contributed by atoms with Gasteiger partial charge in [0.15, 0.2) is 0 Å². The molecule has 1 aromatic heterocycles. The largest absolute Gasteiger partial charge is 0.383 e. The highest BCUT2D eigenvalue weighted by molar-refractivity contribution is 5.12. The predicted octanol–water partition coefficient (Wildman–Crippen LogP) is 2.21. The van der Waals surface area contributed by atoms with Crippen LogP contribution in [0.2, 0.25) is 0 Å². The Kier molecular flexibility index (Phi) is 5.79. The Morgan fingerprint density at radius 3 is 2.62 bits per heavy atom. The first-order valence-electron chi connectivity index (χ1n) is 8.07. The Hall–Kier alpha value is -0.910. The molecule has 1 heterocycles. The van der Waals surface area contributed by atoms with Crippen molar-refractivity contribution in [3.63, 3.8) is 0 Å². The summed E-state index contributed by atoms with van der Waals surface area (Å²) in [5, 5.41) is 4.47. The van der Waals surface area contributed by atoms with Crippen molar-refractivity contribution in [1.29, 1.82) is 0 Å². The van der Waals surface area contributed by atoms with E-state index in [2.05, 4.69) is 37.0 Å². The van der Waals surface area contributed by atoms with Gasteiger partial charge in [0.25, 0.3) is 0 Å². The minimum absolute atomic E-state index is 0.225. The van der Waals surface area contributed by atoms with Crippen molar-refractivity contribution in [3.8, 4) is 0 Å². The lowest BCUT2D eigenvalue weighted by Gasteiger charge is -2.35. The van der Waals surface area contributed by atoms with E-state index in [1.54, 1.807) is 7.11 Å². The molecule has 0 spiro atoms. The lowest BCUT2D eigenvalue weighted by atomic mass is 10.0. The first-order chi connectivity index (χ1) is 10.1. The molecule has 0 bridgehead atoms. The molecule has 21 heavy (non-hydrogen) atoms. The fourth-order valence-corrected chi connectivity index (χ4v) is 2.96. The summed E-state index contributed by atoms with van der Waals surface area (Å²) in [6.07, 6.45) is 6.79. The molecule has 120 valence electrons. The smallest absolute Gasteiger partial charge is 0.0590 e. The average Bonchev–Trinajstić information content (AvgIpc) is 3.20. The summed E-state index contributed by atoms with van der Waals surface area (Å²) in [4.78, 5) is 2.50. The number of ether oxygens (including phenoxy) is 1. The van der Waals surface area contributed by atoms with Gasteiger partial charge in [0.05, 0.1) is 18.8 Å². The molecular formula is C16H30N4O. The minimum atomic E-state index is 0.225. The van der Waals surface area contributed by atoms with Gasteiger partial charge in [-0.3, -0.25) is 9.58 Å². The molecule has 5 heteroatoms. The molecule has 1 aliphatic rings. The van der Waals surface area contributed by atoms with E-state index in [4.69, 9.17) is 10.5 Å². The predicted molar refractivity (Wildman–Crippen MR) is 85.2 cm³/mol. The van der Waals surface area contributed by atoms with Gasteiger partial charge in [-0.15, -0.1) is 0 Å². The van der Waals surface area contributed by atoms with Gasteiger partial charge in [0.2, 0.25) is 0 Å². The van der Waals surface area contributed by atoms with Crippen molar-refractivity contribution in [1.82, 2.24) is 14.7 Å². The van der Waals surface area contributed by atoms with Gasteiger partial charge in [-0.2, -0.15) is 5.10 Å². The summed E-state index contributed by atoms with van der Waals surface area (Å²) in [5.41, 5.74) is 7.32. The molecular weight excluding hydrogens is 264 g/mol. The Morgan fingerprint density at radius 1 is 1.43 bits per heavy atom. The van der Waals surface area contributed by atoms with E-state index < -0.39 is 0 Å².